The van der Waals surface area contributed by atoms with Crippen molar-refractivity contribution < 1.29 is 14.1 Å². The highest BCUT2D eigenvalue weighted by Crippen LogP contribution is 2.12. The van der Waals surface area contributed by atoms with Gasteiger partial charge in [0.2, 0.25) is 11.8 Å². The second kappa shape index (κ2) is 10.7. The Labute approximate surface area is 165 Å². The van der Waals surface area contributed by atoms with Crippen LogP contribution in [0.3, 0.4) is 0 Å². The van der Waals surface area contributed by atoms with Gasteiger partial charge in [0.1, 0.15) is 5.76 Å². The average molecular weight is 408 g/mol. The second-order valence-corrected chi connectivity index (χ2v) is 6.53. The molecule has 8 nitrogen and oxygen atoms in total. The molecule has 148 valence electrons. The third kappa shape index (κ3) is 6.42. The number of hydrogen-bond donors (Lipinski definition) is 2. The van der Waals surface area contributed by atoms with Crippen LogP contribution in [-0.4, -0.2) is 72.1 Å². The fourth-order valence-corrected chi connectivity index (χ4v) is 3.24. The van der Waals surface area contributed by atoms with E-state index in [1.54, 1.807) is 13.0 Å². The first kappa shape index (κ1) is 22.7. The number of rotatable bonds is 5. The Kier molecular flexibility index (Phi) is 9.35. The van der Waals surface area contributed by atoms with Gasteiger partial charge in [-0.25, -0.2) is 0 Å². The molecule has 2 saturated heterocycles. The van der Waals surface area contributed by atoms with E-state index in [0.29, 0.717) is 43.7 Å². The largest absolute Gasteiger partial charge is 0.360 e. The van der Waals surface area contributed by atoms with Crippen LogP contribution in [0.4, 0.5) is 5.82 Å². The fraction of sp³-hybridized carbons (Fsp3) is 0.688. The van der Waals surface area contributed by atoms with E-state index in [1.165, 1.54) is 0 Å². The standard InChI is InChI=1S/C16H25N5O3.2ClH/c1-12-9-14(19-24-12)18-15(22)11-20-5-7-21(8-6-20)16(23)10-13-3-2-4-17-13;;/h9,13,17H,2-8,10-11H2,1H3,(H,18,19,22);2*1H. The van der Waals surface area contributed by atoms with E-state index in [-0.39, 0.29) is 36.6 Å². The molecule has 0 aromatic carbocycles. The predicted molar refractivity (Wildman–Crippen MR) is 103 cm³/mol. The number of piperazine rings is 1. The summed E-state index contributed by atoms with van der Waals surface area (Å²) in [6, 6.07) is 2.03. The Hall–Kier alpha value is -1.35. The molecule has 1 unspecified atom stereocenters. The third-order valence-electron chi connectivity index (χ3n) is 4.57. The minimum atomic E-state index is -0.113. The van der Waals surface area contributed by atoms with Gasteiger partial charge < -0.3 is 20.1 Å². The molecule has 1 atom stereocenters. The Balaban J connectivity index is 0.00000169. The summed E-state index contributed by atoms with van der Waals surface area (Å²) in [5, 5.41) is 9.83. The SMILES string of the molecule is Cc1cc(NC(=O)CN2CCN(C(=O)CC3CCCN3)CC2)no1.Cl.Cl. The van der Waals surface area contributed by atoms with E-state index in [0.717, 1.165) is 32.5 Å². The van der Waals surface area contributed by atoms with Crippen molar-refractivity contribution in [2.75, 3.05) is 44.6 Å². The second-order valence-electron chi connectivity index (χ2n) is 6.53. The number of carbonyl (C=O) groups is 2. The van der Waals surface area contributed by atoms with E-state index >= 15 is 0 Å². The molecule has 0 spiro atoms. The molecule has 2 aliphatic rings. The monoisotopic (exact) mass is 407 g/mol. The molecule has 1 aromatic rings. The molecule has 0 bridgehead atoms. The molecule has 3 heterocycles. The van der Waals surface area contributed by atoms with Gasteiger partial charge in [-0.1, -0.05) is 5.16 Å². The lowest BCUT2D eigenvalue weighted by Crippen LogP contribution is -2.51. The van der Waals surface area contributed by atoms with Crippen LogP contribution in [0, 0.1) is 6.92 Å². The number of nitrogens with zero attached hydrogens (tertiary/aromatic N) is 3. The zero-order valence-electron chi connectivity index (χ0n) is 14.9. The Morgan fingerprint density at radius 1 is 1.31 bits per heavy atom. The molecular weight excluding hydrogens is 381 g/mol. The maximum atomic E-state index is 12.3. The van der Waals surface area contributed by atoms with Gasteiger partial charge in [0.25, 0.3) is 0 Å². The number of aryl methyl sites for hydroxylation is 1. The summed E-state index contributed by atoms with van der Waals surface area (Å²) < 4.78 is 4.92. The molecule has 3 rings (SSSR count). The highest BCUT2D eigenvalue weighted by molar-refractivity contribution is 5.91. The van der Waals surface area contributed by atoms with E-state index in [9.17, 15) is 9.59 Å². The van der Waals surface area contributed by atoms with Crippen molar-refractivity contribution in [2.45, 2.75) is 32.2 Å². The van der Waals surface area contributed by atoms with Crippen LogP contribution in [0.1, 0.15) is 25.0 Å². The number of hydrogen-bond acceptors (Lipinski definition) is 6. The van der Waals surface area contributed by atoms with Crippen LogP contribution >= 0.6 is 24.8 Å². The average Bonchev–Trinajstić information content (AvgIpc) is 3.20. The van der Waals surface area contributed by atoms with Crippen molar-refractivity contribution in [1.29, 1.82) is 0 Å². The van der Waals surface area contributed by atoms with Gasteiger partial charge in [0.05, 0.1) is 6.54 Å². The molecular formula is C16H27Cl2N5O3. The Bertz CT molecular complexity index is 584. The smallest absolute Gasteiger partial charge is 0.239 e. The van der Waals surface area contributed by atoms with E-state index in [1.807, 2.05) is 4.90 Å². The zero-order valence-corrected chi connectivity index (χ0v) is 16.5. The summed E-state index contributed by atoms with van der Waals surface area (Å²) in [5.41, 5.74) is 0. The fourth-order valence-electron chi connectivity index (χ4n) is 3.24. The molecule has 0 saturated carbocycles. The zero-order chi connectivity index (χ0) is 16.9. The molecule has 1 aromatic heterocycles. The maximum absolute atomic E-state index is 12.3. The minimum Gasteiger partial charge on any atom is -0.360 e. The quantitative estimate of drug-likeness (QED) is 0.757. The Morgan fingerprint density at radius 2 is 2.04 bits per heavy atom. The van der Waals surface area contributed by atoms with Gasteiger partial charge in [-0.15, -0.1) is 24.8 Å². The highest BCUT2D eigenvalue weighted by atomic mass is 35.5. The van der Waals surface area contributed by atoms with Crippen molar-refractivity contribution in [3.63, 3.8) is 0 Å². The molecule has 10 heteroatoms. The van der Waals surface area contributed by atoms with Crippen molar-refractivity contribution >= 4 is 42.4 Å². The summed E-state index contributed by atoms with van der Waals surface area (Å²) in [5.74, 6) is 1.21. The van der Waals surface area contributed by atoms with Crippen molar-refractivity contribution in [1.82, 2.24) is 20.3 Å². The van der Waals surface area contributed by atoms with Crippen molar-refractivity contribution in [2.24, 2.45) is 0 Å². The van der Waals surface area contributed by atoms with Gasteiger partial charge in [-0.3, -0.25) is 14.5 Å². The van der Waals surface area contributed by atoms with Crippen molar-refractivity contribution in [3.05, 3.63) is 11.8 Å². The maximum Gasteiger partial charge on any atom is 0.239 e. The summed E-state index contributed by atoms with van der Waals surface area (Å²) >= 11 is 0. The summed E-state index contributed by atoms with van der Waals surface area (Å²) in [4.78, 5) is 28.3. The first-order chi connectivity index (χ1) is 11.6. The lowest BCUT2D eigenvalue weighted by atomic mass is 10.1. The molecule has 2 aliphatic heterocycles. The highest BCUT2D eigenvalue weighted by Gasteiger charge is 2.25. The number of nitrogens with one attached hydrogen (secondary N) is 2. The number of amides is 2. The van der Waals surface area contributed by atoms with Crippen LogP contribution in [-0.2, 0) is 9.59 Å². The van der Waals surface area contributed by atoms with Gasteiger partial charge in [-0.05, 0) is 26.3 Å². The van der Waals surface area contributed by atoms with Gasteiger partial charge in [-0.2, -0.15) is 0 Å². The van der Waals surface area contributed by atoms with Crippen LogP contribution in [0.2, 0.25) is 0 Å². The summed E-state index contributed by atoms with van der Waals surface area (Å²) in [6.45, 7) is 5.90. The first-order valence-corrected chi connectivity index (χ1v) is 8.57. The number of anilines is 1. The normalized spacial score (nSPS) is 20.2. The molecule has 0 aliphatic carbocycles. The molecule has 2 amide bonds. The topological polar surface area (TPSA) is 90.7 Å². The van der Waals surface area contributed by atoms with Crippen molar-refractivity contribution in [3.8, 4) is 0 Å². The molecule has 2 fully saturated rings. The lowest BCUT2D eigenvalue weighted by Gasteiger charge is -2.34. The number of halogens is 2. The minimum absolute atomic E-state index is 0. The predicted octanol–water partition coefficient (Wildman–Crippen LogP) is 1.05. The van der Waals surface area contributed by atoms with Gasteiger partial charge in [0.15, 0.2) is 5.82 Å². The Morgan fingerprint density at radius 3 is 2.62 bits per heavy atom. The number of carbonyl (C=O) groups excluding carboxylic acids is 2. The van der Waals surface area contributed by atoms with Crippen LogP contribution < -0.4 is 10.6 Å². The molecule has 26 heavy (non-hydrogen) atoms. The van der Waals surface area contributed by atoms with E-state index in [2.05, 4.69) is 20.7 Å². The van der Waals surface area contributed by atoms with Crippen LogP contribution in [0.15, 0.2) is 10.6 Å². The lowest BCUT2D eigenvalue weighted by molar-refractivity contribution is -0.133. The van der Waals surface area contributed by atoms with Gasteiger partial charge >= 0.3 is 0 Å². The van der Waals surface area contributed by atoms with E-state index in [4.69, 9.17) is 4.52 Å². The number of aromatic nitrogens is 1. The summed E-state index contributed by atoms with van der Waals surface area (Å²) in [6.07, 6.45) is 2.84. The summed E-state index contributed by atoms with van der Waals surface area (Å²) in [7, 11) is 0. The molecule has 0 radical (unpaired) electrons. The third-order valence-corrected chi connectivity index (χ3v) is 4.57. The van der Waals surface area contributed by atoms with Crippen LogP contribution in [0.25, 0.3) is 0 Å². The first-order valence-electron chi connectivity index (χ1n) is 8.57. The molecule has 2 N–H and O–H groups in total. The van der Waals surface area contributed by atoms with E-state index < -0.39 is 0 Å². The van der Waals surface area contributed by atoms with Crippen LogP contribution in [0.5, 0.6) is 0 Å². The van der Waals surface area contributed by atoms with Gasteiger partial charge in [0, 0.05) is 44.7 Å².